The fourth-order valence-electron chi connectivity index (χ4n) is 3.18. The van der Waals surface area contributed by atoms with Gasteiger partial charge in [0.25, 0.3) is 5.91 Å². The summed E-state index contributed by atoms with van der Waals surface area (Å²) in [6, 6.07) is 15.2. The fraction of sp³-hybridized carbons (Fsp3) is 0.280. The van der Waals surface area contributed by atoms with Gasteiger partial charge in [0, 0.05) is 20.2 Å². The molecule has 0 spiro atoms. The standard InChI is InChI=1S/C25H27NO8S/c1-18(2)33-25(28)21-7-4-5-9-23(21)35(29,30)34-20-12-10-19(11-13-20)17-26(14-16-31-3)24(27)22-8-6-15-32-22/h4-13,15,18H,14,16-17H2,1-3H3. The third-order valence-electron chi connectivity index (χ3n) is 4.81. The number of furan rings is 1. The molecule has 3 aromatic rings. The van der Waals surface area contributed by atoms with E-state index in [9.17, 15) is 18.0 Å². The maximum Gasteiger partial charge on any atom is 0.340 e. The lowest BCUT2D eigenvalue weighted by molar-refractivity contribution is 0.0372. The van der Waals surface area contributed by atoms with Crippen LogP contribution in [0.25, 0.3) is 0 Å². The number of ether oxygens (including phenoxy) is 2. The van der Waals surface area contributed by atoms with Gasteiger partial charge in [0.15, 0.2) is 5.76 Å². The monoisotopic (exact) mass is 501 g/mol. The summed E-state index contributed by atoms with van der Waals surface area (Å²) in [6.45, 7) is 4.27. The molecule has 10 heteroatoms. The van der Waals surface area contributed by atoms with Crippen molar-refractivity contribution in [3.63, 3.8) is 0 Å². The molecule has 2 aromatic carbocycles. The number of rotatable bonds is 11. The summed E-state index contributed by atoms with van der Waals surface area (Å²) >= 11 is 0. The quantitative estimate of drug-likeness (QED) is 0.287. The molecule has 0 unspecified atom stereocenters. The number of benzene rings is 2. The van der Waals surface area contributed by atoms with E-state index in [0.717, 1.165) is 5.56 Å². The molecule has 0 fully saturated rings. The molecule has 0 aliphatic heterocycles. The number of amides is 1. The highest BCUT2D eigenvalue weighted by atomic mass is 32.2. The Bertz CT molecular complexity index is 1230. The van der Waals surface area contributed by atoms with E-state index in [2.05, 4.69) is 0 Å². The van der Waals surface area contributed by atoms with Gasteiger partial charge >= 0.3 is 16.1 Å². The third-order valence-corrected chi connectivity index (χ3v) is 6.11. The Morgan fingerprint density at radius 1 is 1.00 bits per heavy atom. The Kier molecular flexibility index (Phi) is 8.67. The maximum atomic E-state index is 12.9. The maximum absolute atomic E-state index is 12.9. The molecular formula is C25H27NO8S. The Morgan fingerprint density at radius 2 is 1.71 bits per heavy atom. The molecule has 0 radical (unpaired) electrons. The lowest BCUT2D eigenvalue weighted by Crippen LogP contribution is -2.33. The highest BCUT2D eigenvalue weighted by Crippen LogP contribution is 2.23. The molecule has 0 saturated carbocycles. The van der Waals surface area contributed by atoms with Crippen LogP contribution in [-0.2, 0) is 26.1 Å². The van der Waals surface area contributed by atoms with Gasteiger partial charge in [-0.1, -0.05) is 24.3 Å². The molecule has 186 valence electrons. The number of esters is 1. The average molecular weight is 502 g/mol. The van der Waals surface area contributed by atoms with E-state index in [1.165, 1.54) is 36.6 Å². The van der Waals surface area contributed by atoms with Crippen LogP contribution in [0.2, 0.25) is 0 Å². The SMILES string of the molecule is COCCN(Cc1ccc(OS(=O)(=O)c2ccccc2C(=O)OC(C)C)cc1)C(=O)c1ccco1. The zero-order valence-electron chi connectivity index (χ0n) is 19.7. The van der Waals surface area contributed by atoms with E-state index in [1.807, 2.05) is 0 Å². The van der Waals surface area contributed by atoms with Gasteiger partial charge in [-0.05, 0) is 55.8 Å². The Balaban J connectivity index is 1.75. The van der Waals surface area contributed by atoms with Crippen LogP contribution in [0.5, 0.6) is 5.75 Å². The van der Waals surface area contributed by atoms with Crippen molar-refractivity contribution in [1.82, 2.24) is 4.90 Å². The van der Waals surface area contributed by atoms with E-state index < -0.39 is 22.2 Å². The van der Waals surface area contributed by atoms with E-state index in [0.29, 0.717) is 13.2 Å². The molecule has 3 rings (SSSR count). The Labute approximate surface area is 204 Å². The van der Waals surface area contributed by atoms with E-state index >= 15 is 0 Å². The molecule has 9 nitrogen and oxygen atoms in total. The first kappa shape index (κ1) is 26.0. The van der Waals surface area contributed by atoms with Crippen LogP contribution in [-0.4, -0.2) is 51.6 Å². The number of nitrogens with zero attached hydrogens (tertiary/aromatic N) is 1. The van der Waals surface area contributed by atoms with E-state index in [-0.39, 0.29) is 34.4 Å². The van der Waals surface area contributed by atoms with Crippen molar-refractivity contribution in [3.8, 4) is 5.75 Å². The minimum atomic E-state index is -4.31. The van der Waals surface area contributed by atoms with Gasteiger partial charge in [-0.15, -0.1) is 0 Å². The van der Waals surface area contributed by atoms with Crippen molar-refractivity contribution < 1.29 is 36.1 Å². The highest BCUT2D eigenvalue weighted by molar-refractivity contribution is 7.87. The summed E-state index contributed by atoms with van der Waals surface area (Å²) in [4.78, 5) is 26.3. The van der Waals surface area contributed by atoms with Gasteiger partial charge in [0.2, 0.25) is 0 Å². The molecule has 1 amide bonds. The molecule has 35 heavy (non-hydrogen) atoms. The van der Waals surface area contributed by atoms with Gasteiger partial charge in [-0.3, -0.25) is 4.79 Å². The van der Waals surface area contributed by atoms with Crippen molar-refractivity contribution in [2.24, 2.45) is 0 Å². The van der Waals surface area contributed by atoms with Crippen molar-refractivity contribution in [1.29, 1.82) is 0 Å². The Morgan fingerprint density at radius 3 is 2.34 bits per heavy atom. The first-order valence-electron chi connectivity index (χ1n) is 10.9. The molecule has 0 aliphatic rings. The largest absolute Gasteiger partial charge is 0.459 e. The topological polar surface area (TPSA) is 112 Å². The summed E-state index contributed by atoms with van der Waals surface area (Å²) in [5, 5.41) is 0. The number of methoxy groups -OCH3 is 1. The molecule has 0 N–H and O–H groups in total. The second kappa shape index (κ2) is 11.7. The summed E-state index contributed by atoms with van der Waals surface area (Å²) in [5.41, 5.74) is 0.634. The molecule has 1 aromatic heterocycles. The minimum Gasteiger partial charge on any atom is -0.459 e. The third kappa shape index (κ3) is 6.93. The molecular weight excluding hydrogens is 474 g/mol. The first-order valence-corrected chi connectivity index (χ1v) is 12.3. The van der Waals surface area contributed by atoms with Crippen LogP contribution < -0.4 is 4.18 Å². The van der Waals surface area contributed by atoms with E-state index in [4.69, 9.17) is 18.1 Å². The summed E-state index contributed by atoms with van der Waals surface area (Å²) in [6.07, 6.45) is 1.02. The summed E-state index contributed by atoms with van der Waals surface area (Å²) in [7, 11) is -2.77. The lowest BCUT2D eigenvalue weighted by Gasteiger charge is -2.21. The van der Waals surface area contributed by atoms with Gasteiger partial charge in [0.05, 0.1) is 24.5 Å². The van der Waals surface area contributed by atoms with Crippen LogP contribution in [0.3, 0.4) is 0 Å². The Hall–Kier alpha value is -3.63. The molecule has 1 heterocycles. The van der Waals surface area contributed by atoms with Crippen molar-refractivity contribution in [3.05, 3.63) is 83.8 Å². The van der Waals surface area contributed by atoms with Crippen LogP contribution in [0.15, 0.2) is 76.2 Å². The van der Waals surface area contributed by atoms with Gasteiger partial charge in [-0.25, -0.2) is 4.79 Å². The molecule has 0 saturated heterocycles. The second-order valence-corrected chi connectivity index (χ2v) is 9.34. The van der Waals surface area contributed by atoms with Crippen molar-refractivity contribution in [2.75, 3.05) is 20.3 Å². The number of carbonyl (C=O) groups is 2. The molecule has 0 aliphatic carbocycles. The van der Waals surface area contributed by atoms with Crippen molar-refractivity contribution in [2.45, 2.75) is 31.4 Å². The van der Waals surface area contributed by atoms with Crippen molar-refractivity contribution >= 4 is 22.0 Å². The summed E-state index contributed by atoms with van der Waals surface area (Å²) < 4.78 is 46.5. The van der Waals surface area contributed by atoms with Crippen LogP contribution in [0.4, 0.5) is 0 Å². The predicted octanol–water partition coefficient (Wildman–Crippen LogP) is 3.90. The first-order chi connectivity index (χ1) is 16.7. The van der Waals surface area contributed by atoms with Crippen LogP contribution in [0, 0.1) is 0 Å². The zero-order chi connectivity index (χ0) is 25.4. The van der Waals surface area contributed by atoms with Gasteiger partial charge in [0.1, 0.15) is 10.6 Å². The van der Waals surface area contributed by atoms with Crippen LogP contribution in [0.1, 0.15) is 40.3 Å². The van der Waals surface area contributed by atoms with Gasteiger partial charge in [-0.2, -0.15) is 8.42 Å². The number of hydrogen-bond acceptors (Lipinski definition) is 8. The zero-order valence-corrected chi connectivity index (χ0v) is 20.5. The number of carbonyl (C=O) groups excluding carboxylic acids is 2. The fourth-order valence-corrected chi connectivity index (χ4v) is 4.30. The lowest BCUT2D eigenvalue weighted by atomic mass is 10.2. The predicted molar refractivity (Wildman–Crippen MR) is 127 cm³/mol. The average Bonchev–Trinajstić information content (AvgIpc) is 3.37. The van der Waals surface area contributed by atoms with Gasteiger partial charge < -0.3 is 23.0 Å². The normalized spacial score (nSPS) is 11.3. The second-order valence-electron chi connectivity index (χ2n) is 7.83. The molecule has 0 bridgehead atoms. The smallest absolute Gasteiger partial charge is 0.340 e. The van der Waals surface area contributed by atoms with E-state index in [1.54, 1.807) is 56.2 Å². The summed E-state index contributed by atoms with van der Waals surface area (Å²) in [5.74, 6) is -0.779. The van der Waals surface area contributed by atoms with Crippen LogP contribution >= 0.6 is 0 Å². The molecule has 0 atom stereocenters. The highest BCUT2D eigenvalue weighted by Gasteiger charge is 2.26. The minimum absolute atomic E-state index is 0.0570. The number of hydrogen-bond donors (Lipinski definition) is 0.